The van der Waals surface area contributed by atoms with Gasteiger partial charge >= 0.3 is 5.97 Å². The molecular formula is C17H28O4S2. The number of carbonyl (C=O) groups is 1. The van der Waals surface area contributed by atoms with Gasteiger partial charge in [0, 0.05) is 23.0 Å². The Hall–Kier alpha value is -0.590. The second kappa shape index (κ2) is 12.8. The topological polar surface area (TPSA) is 44.8 Å². The molecule has 1 unspecified atom stereocenters. The summed E-state index contributed by atoms with van der Waals surface area (Å²) >= 11 is 0. The molecule has 1 aliphatic heterocycles. The van der Waals surface area contributed by atoms with E-state index in [-0.39, 0.29) is 5.97 Å². The third kappa shape index (κ3) is 10.7. The quantitative estimate of drug-likeness (QED) is 0.0870. The molecular weight excluding hydrogens is 332 g/mol. The first-order chi connectivity index (χ1) is 11.1. The minimum absolute atomic E-state index is 0.324. The second-order valence-corrected chi connectivity index (χ2v) is 8.43. The molecule has 1 rings (SSSR count). The fourth-order valence-electron chi connectivity index (χ4n) is 1.99. The predicted molar refractivity (Wildman–Crippen MR) is 98.1 cm³/mol. The molecule has 0 spiro atoms. The number of esters is 1. The van der Waals surface area contributed by atoms with Crippen LogP contribution in [0, 0.1) is 0 Å². The van der Waals surface area contributed by atoms with E-state index >= 15 is 0 Å². The van der Waals surface area contributed by atoms with Crippen molar-refractivity contribution >= 4 is 27.6 Å². The molecule has 1 atom stereocenters. The number of carbonyl (C=O) groups excluding carboxylic acids is 1. The first-order valence-electron chi connectivity index (χ1n) is 8.17. The van der Waals surface area contributed by atoms with E-state index in [2.05, 4.69) is 13.2 Å². The van der Waals surface area contributed by atoms with Crippen molar-refractivity contribution in [3.8, 4) is 0 Å². The number of hydrogen-bond donors (Lipinski definition) is 0. The van der Waals surface area contributed by atoms with E-state index in [1.165, 1.54) is 18.6 Å². The number of rotatable bonds is 13. The molecule has 1 aliphatic rings. The van der Waals surface area contributed by atoms with Crippen LogP contribution in [0.3, 0.4) is 0 Å². The van der Waals surface area contributed by atoms with Crippen LogP contribution in [-0.2, 0) is 19.3 Å². The molecule has 1 fully saturated rings. The van der Waals surface area contributed by atoms with E-state index in [0.29, 0.717) is 24.5 Å². The maximum absolute atomic E-state index is 11.1. The average Bonchev–Trinajstić information content (AvgIpc) is 3.02. The molecule has 0 aromatic heterocycles. The zero-order chi connectivity index (χ0) is 16.9. The van der Waals surface area contributed by atoms with Gasteiger partial charge in [0.1, 0.15) is 5.76 Å². The van der Waals surface area contributed by atoms with Crippen molar-refractivity contribution in [3.63, 3.8) is 0 Å². The van der Waals surface area contributed by atoms with E-state index in [1.807, 2.05) is 21.6 Å². The first kappa shape index (κ1) is 20.5. The SMILES string of the molecule is C=C(CCCC1CCSS1)OOCCCCCOC(=O)C(=C)C. The minimum Gasteiger partial charge on any atom is -0.462 e. The number of ether oxygens (including phenoxy) is 1. The monoisotopic (exact) mass is 360 g/mol. The highest BCUT2D eigenvalue weighted by Gasteiger charge is 2.15. The molecule has 0 aromatic rings. The fraction of sp³-hybridized carbons (Fsp3) is 0.706. The van der Waals surface area contributed by atoms with Crippen LogP contribution < -0.4 is 0 Å². The van der Waals surface area contributed by atoms with Crippen molar-refractivity contribution in [2.75, 3.05) is 19.0 Å². The van der Waals surface area contributed by atoms with Crippen molar-refractivity contribution < 1.29 is 19.3 Å². The van der Waals surface area contributed by atoms with Gasteiger partial charge in [0.2, 0.25) is 0 Å². The lowest BCUT2D eigenvalue weighted by Gasteiger charge is -2.09. The molecule has 23 heavy (non-hydrogen) atoms. The molecule has 0 saturated carbocycles. The summed E-state index contributed by atoms with van der Waals surface area (Å²) in [5.41, 5.74) is 0.436. The highest BCUT2D eigenvalue weighted by Crippen LogP contribution is 2.40. The summed E-state index contributed by atoms with van der Waals surface area (Å²) in [7, 11) is 3.98. The molecule has 1 heterocycles. The van der Waals surface area contributed by atoms with Gasteiger partial charge in [-0.15, -0.1) is 0 Å². The van der Waals surface area contributed by atoms with Gasteiger partial charge in [0.05, 0.1) is 13.2 Å². The summed E-state index contributed by atoms with van der Waals surface area (Å²) < 4.78 is 5.01. The molecule has 0 N–H and O–H groups in total. The normalized spacial score (nSPS) is 17.0. The van der Waals surface area contributed by atoms with Crippen molar-refractivity contribution in [1.29, 1.82) is 0 Å². The summed E-state index contributed by atoms with van der Waals surface area (Å²) in [4.78, 5) is 21.5. The van der Waals surface area contributed by atoms with Gasteiger partial charge in [-0.05, 0) is 45.4 Å². The van der Waals surface area contributed by atoms with Gasteiger partial charge in [-0.3, -0.25) is 0 Å². The molecule has 132 valence electrons. The van der Waals surface area contributed by atoms with Crippen LogP contribution >= 0.6 is 21.6 Å². The summed E-state index contributed by atoms with van der Waals surface area (Å²) in [5.74, 6) is 1.66. The van der Waals surface area contributed by atoms with Gasteiger partial charge in [0.25, 0.3) is 0 Å². The summed E-state index contributed by atoms with van der Waals surface area (Å²) in [6.45, 7) is 10.0. The Balaban J connectivity index is 1.83. The molecule has 0 aromatic carbocycles. The largest absolute Gasteiger partial charge is 0.462 e. The minimum atomic E-state index is -0.324. The lowest BCUT2D eigenvalue weighted by atomic mass is 10.1. The fourth-order valence-corrected chi connectivity index (χ4v) is 5.01. The third-order valence-electron chi connectivity index (χ3n) is 3.34. The van der Waals surface area contributed by atoms with Crippen molar-refractivity contribution in [3.05, 3.63) is 24.5 Å². The number of allylic oxidation sites excluding steroid dienone is 1. The third-order valence-corrected chi connectivity index (χ3v) is 6.35. The Morgan fingerprint density at radius 2 is 1.96 bits per heavy atom. The van der Waals surface area contributed by atoms with Crippen LogP contribution in [0.5, 0.6) is 0 Å². The smallest absolute Gasteiger partial charge is 0.333 e. The Labute approximate surface area is 147 Å². The highest BCUT2D eigenvalue weighted by molar-refractivity contribution is 8.77. The molecule has 4 nitrogen and oxygen atoms in total. The standard InChI is InChI=1S/C17H28O4S2/c1-14(2)17(18)19-11-5-4-6-12-20-21-15(3)8-7-9-16-10-13-22-23-16/h16H,1,3-13H2,2H3. The Bertz CT molecular complexity index is 379. The molecule has 0 amide bonds. The van der Waals surface area contributed by atoms with Gasteiger partial charge in [-0.1, -0.05) is 34.7 Å². The molecule has 0 radical (unpaired) electrons. The van der Waals surface area contributed by atoms with Gasteiger partial charge in [-0.2, -0.15) is 4.89 Å². The van der Waals surface area contributed by atoms with Crippen molar-refractivity contribution in [2.45, 2.75) is 57.1 Å². The highest BCUT2D eigenvalue weighted by atomic mass is 33.1. The predicted octanol–water partition coefficient (Wildman–Crippen LogP) is 5.06. The zero-order valence-electron chi connectivity index (χ0n) is 14.0. The van der Waals surface area contributed by atoms with E-state index in [9.17, 15) is 4.79 Å². The molecule has 0 bridgehead atoms. The Kier molecular flexibility index (Phi) is 11.4. The van der Waals surface area contributed by atoms with Crippen molar-refractivity contribution in [2.24, 2.45) is 0 Å². The van der Waals surface area contributed by atoms with Gasteiger partial charge in [-0.25, -0.2) is 4.79 Å². The zero-order valence-corrected chi connectivity index (χ0v) is 15.6. The maximum Gasteiger partial charge on any atom is 0.333 e. The second-order valence-electron chi connectivity index (χ2n) is 5.64. The lowest BCUT2D eigenvalue weighted by molar-refractivity contribution is -0.264. The van der Waals surface area contributed by atoms with E-state index in [0.717, 1.165) is 37.4 Å². The van der Waals surface area contributed by atoms with E-state index in [1.54, 1.807) is 6.92 Å². The lowest BCUT2D eigenvalue weighted by Crippen LogP contribution is -2.06. The summed E-state index contributed by atoms with van der Waals surface area (Å²) in [5, 5.41) is 0.799. The van der Waals surface area contributed by atoms with Crippen LogP contribution in [0.1, 0.15) is 51.9 Å². The molecule has 0 aliphatic carbocycles. The van der Waals surface area contributed by atoms with Crippen LogP contribution in [0.2, 0.25) is 0 Å². The molecule has 6 heteroatoms. The van der Waals surface area contributed by atoms with Crippen LogP contribution in [-0.4, -0.2) is 30.2 Å². The Morgan fingerprint density at radius 1 is 1.17 bits per heavy atom. The van der Waals surface area contributed by atoms with E-state index in [4.69, 9.17) is 14.5 Å². The summed E-state index contributed by atoms with van der Waals surface area (Å²) in [6, 6.07) is 0. The first-order valence-corrected chi connectivity index (χ1v) is 10.6. The summed E-state index contributed by atoms with van der Waals surface area (Å²) in [6.07, 6.45) is 7.13. The van der Waals surface area contributed by atoms with E-state index < -0.39 is 0 Å². The van der Waals surface area contributed by atoms with Gasteiger partial charge < -0.3 is 9.62 Å². The van der Waals surface area contributed by atoms with Gasteiger partial charge in [0.15, 0.2) is 0 Å². The number of hydrogen-bond acceptors (Lipinski definition) is 6. The van der Waals surface area contributed by atoms with Crippen LogP contribution in [0.4, 0.5) is 0 Å². The number of unbranched alkanes of at least 4 members (excludes halogenated alkanes) is 2. The van der Waals surface area contributed by atoms with Crippen LogP contribution in [0.25, 0.3) is 0 Å². The maximum atomic E-state index is 11.1. The van der Waals surface area contributed by atoms with Crippen molar-refractivity contribution in [1.82, 2.24) is 0 Å². The van der Waals surface area contributed by atoms with Crippen LogP contribution in [0.15, 0.2) is 24.5 Å². The molecule has 1 saturated heterocycles. The Morgan fingerprint density at radius 3 is 2.65 bits per heavy atom. The average molecular weight is 361 g/mol.